The van der Waals surface area contributed by atoms with Crippen LogP contribution < -0.4 is 15.1 Å². The van der Waals surface area contributed by atoms with Gasteiger partial charge in [0.2, 0.25) is 17.8 Å². The van der Waals surface area contributed by atoms with E-state index in [4.69, 9.17) is 0 Å². The predicted molar refractivity (Wildman–Crippen MR) is 88.1 cm³/mol. The summed E-state index contributed by atoms with van der Waals surface area (Å²) in [6.07, 6.45) is 2.44. The monoisotopic (exact) mass is 292 g/mol. The molecule has 118 valence electrons. The zero-order valence-corrected chi connectivity index (χ0v) is 13.9. The van der Waals surface area contributed by atoms with Crippen molar-refractivity contribution in [3.8, 4) is 0 Å². The predicted octanol–water partition coefficient (Wildman–Crippen LogP) is 2.24. The van der Waals surface area contributed by atoms with Crippen molar-refractivity contribution in [3.63, 3.8) is 0 Å². The zero-order chi connectivity index (χ0) is 15.4. The number of rotatable bonds is 5. The molecule has 1 aliphatic rings. The molecule has 1 aliphatic heterocycles. The van der Waals surface area contributed by atoms with Crippen molar-refractivity contribution in [2.75, 3.05) is 48.8 Å². The summed E-state index contributed by atoms with van der Waals surface area (Å²) < 4.78 is 0. The van der Waals surface area contributed by atoms with Crippen molar-refractivity contribution < 1.29 is 0 Å². The summed E-state index contributed by atoms with van der Waals surface area (Å²) in [5.74, 6) is 3.76. The first-order valence-corrected chi connectivity index (χ1v) is 7.93. The molecule has 0 spiro atoms. The van der Waals surface area contributed by atoms with Gasteiger partial charge in [0.25, 0.3) is 0 Å². The van der Waals surface area contributed by atoms with Crippen LogP contribution in [0.1, 0.15) is 33.6 Å². The van der Waals surface area contributed by atoms with Gasteiger partial charge in [-0.25, -0.2) is 0 Å². The standard InChI is InChI=1S/C15H28N6/c1-6-16-13-17-14(20(4)5)19-15(18-13)21-9-7-12(8-10-21)11(2)3/h11-12H,6-10H2,1-5H3,(H,16,17,18,19). The molecule has 0 atom stereocenters. The Bertz CT molecular complexity index is 451. The lowest BCUT2D eigenvalue weighted by Gasteiger charge is -2.34. The molecule has 0 unspecified atom stereocenters. The third-order valence-corrected chi connectivity index (χ3v) is 4.11. The molecule has 1 fully saturated rings. The van der Waals surface area contributed by atoms with Crippen LogP contribution in [0, 0.1) is 11.8 Å². The molecule has 21 heavy (non-hydrogen) atoms. The topological polar surface area (TPSA) is 57.2 Å². The van der Waals surface area contributed by atoms with E-state index in [1.807, 2.05) is 25.9 Å². The molecule has 1 aromatic heterocycles. The number of anilines is 3. The second-order valence-electron chi connectivity index (χ2n) is 6.25. The number of aromatic nitrogens is 3. The smallest absolute Gasteiger partial charge is 0.231 e. The second-order valence-corrected chi connectivity index (χ2v) is 6.25. The Morgan fingerprint density at radius 2 is 1.86 bits per heavy atom. The molecule has 2 heterocycles. The van der Waals surface area contributed by atoms with E-state index in [0.717, 1.165) is 37.4 Å². The summed E-state index contributed by atoms with van der Waals surface area (Å²) in [7, 11) is 3.92. The molecular formula is C15H28N6. The van der Waals surface area contributed by atoms with Crippen LogP contribution in [0.15, 0.2) is 0 Å². The highest BCUT2D eigenvalue weighted by atomic mass is 15.3. The normalized spacial score (nSPS) is 16.4. The van der Waals surface area contributed by atoms with E-state index >= 15 is 0 Å². The minimum atomic E-state index is 0.664. The van der Waals surface area contributed by atoms with E-state index in [2.05, 4.69) is 39.0 Å². The molecule has 1 aromatic rings. The van der Waals surface area contributed by atoms with Gasteiger partial charge in [0.1, 0.15) is 0 Å². The second kappa shape index (κ2) is 6.91. The summed E-state index contributed by atoms with van der Waals surface area (Å²) in [6, 6.07) is 0. The Morgan fingerprint density at radius 3 is 2.38 bits per heavy atom. The molecule has 0 saturated carbocycles. The van der Waals surface area contributed by atoms with E-state index < -0.39 is 0 Å². The Balaban J connectivity index is 2.15. The number of hydrogen-bond donors (Lipinski definition) is 1. The van der Waals surface area contributed by atoms with Crippen LogP contribution in [0.4, 0.5) is 17.8 Å². The summed E-state index contributed by atoms with van der Waals surface area (Å²) in [5, 5.41) is 3.19. The minimum absolute atomic E-state index is 0.664. The first kappa shape index (κ1) is 15.8. The lowest BCUT2D eigenvalue weighted by Crippen LogP contribution is -2.36. The summed E-state index contributed by atoms with van der Waals surface area (Å²) in [5.41, 5.74) is 0. The van der Waals surface area contributed by atoms with Crippen molar-refractivity contribution in [3.05, 3.63) is 0 Å². The largest absolute Gasteiger partial charge is 0.354 e. The molecule has 0 aromatic carbocycles. The van der Waals surface area contributed by atoms with E-state index in [0.29, 0.717) is 11.9 Å². The maximum atomic E-state index is 4.60. The van der Waals surface area contributed by atoms with Gasteiger partial charge < -0.3 is 15.1 Å². The van der Waals surface area contributed by atoms with Crippen LogP contribution in [0.3, 0.4) is 0 Å². The van der Waals surface area contributed by atoms with Crippen LogP contribution in [0.25, 0.3) is 0 Å². The van der Waals surface area contributed by atoms with Crippen LogP contribution in [0.5, 0.6) is 0 Å². The van der Waals surface area contributed by atoms with E-state index in [1.54, 1.807) is 0 Å². The molecule has 0 bridgehead atoms. The fourth-order valence-electron chi connectivity index (χ4n) is 2.70. The van der Waals surface area contributed by atoms with Crippen LogP contribution >= 0.6 is 0 Å². The van der Waals surface area contributed by atoms with Crippen LogP contribution in [-0.4, -0.2) is 48.7 Å². The fraction of sp³-hybridized carbons (Fsp3) is 0.800. The Hall–Kier alpha value is -1.59. The van der Waals surface area contributed by atoms with Gasteiger partial charge in [0.15, 0.2) is 0 Å². The average Bonchev–Trinajstić information content (AvgIpc) is 2.47. The van der Waals surface area contributed by atoms with Gasteiger partial charge in [0, 0.05) is 33.7 Å². The number of piperidine rings is 1. The number of nitrogens with zero attached hydrogens (tertiary/aromatic N) is 5. The quantitative estimate of drug-likeness (QED) is 0.898. The van der Waals surface area contributed by atoms with E-state index in [1.165, 1.54) is 12.8 Å². The number of hydrogen-bond acceptors (Lipinski definition) is 6. The first-order valence-electron chi connectivity index (χ1n) is 7.93. The lowest BCUT2D eigenvalue weighted by atomic mass is 9.87. The van der Waals surface area contributed by atoms with Gasteiger partial charge in [-0.3, -0.25) is 0 Å². The molecule has 1 N–H and O–H groups in total. The summed E-state index contributed by atoms with van der Waals surface area (Å²) in [6.45, 7) is 9.56. The molecule has 0 radical (unpaired) electrons. The molecule has 6 nitrogen and oxygen atoms in total. The summed E-state index contributed by atoms with van der Waals surface area (Å²) >= 11 is 0. The average molecular weight is 292 g/mol. The Labute approximate surface area is 128 Å². The van der Waals surface area contributed by atoms with Gasteiger partial charge in [-0.1, -0.05) is 13.8 Å². The van der Waals surface area contributed by atoms with Gasteiger partial charge in [-0.2, -0.15) is 15.0 Å². The third kappa shape index (κ3) is 3.95. The zero-order valence-electron chi connectivity index (χ0n) is 13.9. The highest BCUT2D eigenvalue weighted by Crippen LogP contribution is 2.27. The minimum Gasteiger partial charge on any atom is -0.354 e. The van der Waals surface area contributed by atoms with Gasteiger partial charge in [0.05, 0.1) is 0 Å². The number of nitrogens with one attached hydrogen (secondary N) is 1. The Morgan fingerprint density at radius 1 is 1.19 bits per heavy atom. The maximum absolute atomic E-state index is 4.60. The van der Waals surface area contributed by atoms with Crippen molar-refractivity contribution in [1.29, 1.82) is 0 Å². The fourth-order valence-corrected chi connectivity index (χ4v) is 2.70. The van der Waals surface area contributed by atoms with Crippen molar-refractivity contribution in [2.24, 2.45) is 11.8 Å². The van der Waals surface area contributed by atoms with Crippen LogP contribution in [-0.2, 0) is 0 Å². The first-order chi connectivity index (χ1) is 10.0. The Kier molecular flexibility index (Phi) is 5.20. The van der Waals surface area contributed by atoms with Crippen LogP contribution in [0.2, 0.25) is 0 Å². The van der Waals surface area contributed by atoms with E-state index in [9.17, 15) is 0 Å². The molecule has 0 amide bonds. The molecule has 0 aliphatic carbocycles. The van der Waals surface area contributed by atoms with Gasteiger partial charge >= 0.3 is 0 Å². The van der Waals surface area contributed by atoms with Crippen molar-refractivity contribution in [1.82, 2.24) is 15.0 Å². The van der Waals surface area contributed by atoms with Gasteiger partial charge in [-0.05, 0) is 31.6 Å². The van der Waals surface area contributed by atoms with E-state index in [-0.39, 0.29) is 0 Å². The SMILES string of the molecule is CCNc1nc(N(C)C)nc(N2CCC(C(C)C)CC2)n1. The summed E-state index contributed by atoms with van der Waals surface area (Å²) in [4.78, 5) is 17.8. The van der Waals surface area contributed by atoms with Crippen molar-refractivity contribution >= 4 is 17.8 Å². The molecular weight excluding hydrogens is 264 g/mol. The van der Waals surface area contributed by atoms with Crippen molar-refractivity contribution in [2.45, 2.75) is 33.6 Å². The maximum Gasteiger partial charge on any atom is 0.231 e. The molecule has 6 heteroatoms. The molecule has 2 rings (SSSR count). The van der Waals surface area contributed by atoms with Gasteiger partial charge in [-0.15, -0.1) is 0 Å². The highest BCUT2D eigenvalue weighted by Gasteiger charge is 2.24. The lowest BCUT2D eigenvalue weighted by molar-refractivity contribution is 0.310. The molecule has 1 saturated heterocycles. The third-order valence-electron chi connectivity index (χ3n) is 4.11. The highest BCUT2D eigenvalue weighted by molar-refractivity contribution is 5.44.